The summed E-state index contributed by atoms with van der Waals surface area (Å²) in [5, 5.41) is 0. The van der Waals surface area contributed by atoms with E-state index in [4.69, 9.17) is 9.47 Å². The van der Waals surface area contributed by atoms with E-state index in [0.29, 0.717) is 24.5 Å². The van der Waals surface area contributed by atoms with Crippen molar-refractivity contribution in [2.75, 3.05) is 32.8 Å². The summed E-state index contributed by atoms with van der Waals surface area (Å²) in [7, 11) is 0. The Morgan fingerprint density at radius 3 is 2.67 bits per heavy atom. The molecule has 0 spiro atoms. The van der Waals surface area contributed by atoms with Crippen LogP contribution in [0.2, 0.25) is 0 Å². The van der Waals surface area contributed by atoms with Gasteiger partial charge in [-0.3, -0.25) is 0 Å². The van der Waals surface area contributed by atoms with Crippen molar-refractivity contribution in [2.45, 2.75) is 20.8 Å². The van der Waals surface area contributed by atoms with Crippen molar-refractivity contribution >= 4 is 5.97 Å². The predicted molar refractivity (Wildman–Crippen MR) is 84.9 cm³/mol. The maximum absolute atomic E-state index is 12.2. The Morgan fingerprint density at radius 1 is 1.33 bits per heavy atom. The summed E-state index contributed by atoms with van der Waals surface area (Å²) in [4.78, 5) is 14.4. The van der Waals surface area contributed by atoms with E-state index in [9.17, 15) is 4.79 Å². The van der Waals surface area contributed by atoms with E-state index in [1.165, 1.54) is 0 Å². The van der Waals surface area contributed by atoms with Crippen LogP contribution in [0.4, 0.5) is 0 Å². The number of rotatable bonds is 9. The van der Waals surface area contributed by atoms with Crippen molar-refractivity contribution in [3.8, 4) is 5.75 Å². The van der Waals surface area contributed by atoms with Crippen molar-refractivity contribution in [1.82, 2.24) is 4.90 Å². The molecule has 0 aliphatic rings. The molecule has 4 nitrogen and oxygen atoms in total. The molecule has 0 radical (unpaired) electrons. The molecule has 0 amide bonds. The van der Waals surface area contributed by atoms with Gasteiger partial charge in [0.25, 0.3) is 0 Å². The highest BCUT2D eigenvalue weighted by Crippen LogP contribution is 2.24. The van der Waals surface area contributed by atoms with Gasteiger partial charge in [-0.25, -0.2) is 4.79 Å². The third kappa shape index (κ3) is 5.23. The van der Waals surface area contributed by atoms with E-state index >= 15 is 0 Å². The van der Waals surface area contributed by atoms with Crippen LogP contribution in [-0.4, -0.2) is 43.7 Å². The van der Waals surface area contributed by atoms with Gasteiger partial charge >= 0.3 is 5.97 Å². The van der Waals surface area contributed by atoms with E-state index in [1.54, 1.807) is 12.1 Å². The maximum Gasteiger partial charge on any atom is 0.341 e. The van der Waals surface area contributed by atoms with Gasteiger partial charge in [0.05, 0.1) is 0 Å². The van der Waals surface area contributed by atoms with E-state index in [-0.39, 0.29) is 5.97 Å². The molecule has 116 valence electrons. The first-order valence-electron chi connectivity index (χ1n) is 7.36. The van der Waals surface area contributed by atoms with Crippen LogP contribution >= 0.6 is 0 Å². The van der Waals surface area contributed by atoms with Crippen LogP contribution in [0, 0.1) is 6.92 Å². The lowest BCUT2D eigenvalue weighted by atomic mass is 10.1. The summed E-state index contributed by atoms with van der Waals surface area (Å²) < 4.78 is 10.9. The van der Waals surface area contributed by atoms with Crippen LogP contribution in [0.15, 0.2) is 30.9 Å². The van der Waals surface area contributed by atoms with Crippen molar-refractivity contribution in [3.63, 3.8) is 0 Å². The number of hydrogen-bond acceptors (Lipinski definition) is 4. The van der Waals surface area contributed by atoms with Gasteiger partial charge in [-0.05, 0) is 31.6 Å². The maximum atomic E-state index is 12.2. The Hall–Kier alpha value is -1.81. The fraction of sp³-hybridized carbons (Fsp3) is 0.471. The lowest BCUT2D eigenvalue weighted by Gasteiger charge is -2.18. The van der Waals surface area contributed by atoms with Gasteiger partial charge in [0, 0.05) is 6.54 Å². The number of para-hydroxylation sites is 1. The Bertz CT molecular complexity index is 467. The lowest BCUT2D eigenvalue weighted by Crippen LogP contribution is -2.28. The number of aryl methyl sites for hydroxylation is 1. The number of esters is 1. The fourth-order valence-corrected chi connectivity index (χ4v) is 2.03. The third-order valence-corrected chi connectivity index (χ3v) is 3.31. The number of nitrogens with zero attached hydrogens (tertiary/aromatic N) is 1. The molecule has 0 aromatic heterocycles. The monoisotopic (exact) mass is 291 g/mol. The van der Waals surface area contributed by atoms with Gasteiger partial charge < -0.3 is 14.4 Å². The highest BCUT2D eigenvalue weighted by molar-refractivity contribution is 5.93. The zero-order valence-corrected chi connectivity index (χ0v) is 13.2. The Balaban J connectivity index is 2.69. The van der Waals surface area contributed by atoms with E-state index in [1.807, 2.05) is 19.1 Å². The topological polar surface area (TPSA) is 38.8 Å². The Labute approximate surface area is 127 Å². The molecule has 0 unspecified atom stereocenters. The first-order chi connectivity index (χ1) is 10.1. The second kappa shape index (κ2) is 9.19. The molecule has 4 heteroatoms. The standard InChI is InChI=1S/C17H25NO3/c1-5-12-20-16-14(4)9-8-10-15(16)17(19)21-13-11-18(6-2)7-3/h5,8-10H,1,6-7,11-13H2,2-4H3. The number of carbonyl (C=O) groups excluding carboxylic acids is 1. The van der Waals surface area contributed by atoms with Gasteiger partial charge in [-0.2, -0.15) is 0 Å². The smallest absolute Gasteiger partial charge is 0.341 e. The largest absolute Gasteiger partial charge is 0.488 e. The molecule has 0 bridgehead atoms. The summed E-state index contributed by atoms with van der Waals surface area (Å²) >= 11 is 0. The van der Waals surface area contributed by atoms with Crippen LogP contribution in [0.1, 0.15) is 29.8 Å². The van der Waals surface area contributed by atoms with Crippen molar-refractivity contribution < 1.29 is 14.3 Å². The minimum atomic E-state index is -0.343. The van der Waals surface area contributed by atoms with Gasteiger partial charge in [0.15, 0.2) is 0 Å². The molecule has 0 saturated heterocycles. The summed E-state index contributed by atoms with van der Waals surface area (Å²) in [5.74, 6) is 0.232. The zero-order valence-electron chi connectivity index (χ0n) is 13.2. The average molecular weight is 291 g/mol. The van der Waals surface area contributed by atoms with E-state index < -0.39 is 0 Å². The molecule has 1 aromatic carbocycles. The molecule has 0 fully saturated rings. The molecular formula is C17H25NO3. The fourth-order valence-electron chi connectivity index (χ4n) is 2.03. The molecule has 1 rings (SSSR count). The highest BCUT2D eigenvalue weighted by atomic mass is 16.5. The Morgan fingerprint density at radius 2 is 2.05 bits per heavy atom. The minimum Gasteiger partial charge on any atom is -0.488 e. The molecule has 0 aliphatic heterocycles. The molecular weight excluding hydrogens is 266 g/mol. The second-order valence-electron chi connectivity index (χ2n) is 4.71. The van der Waals surface area contributed by atoms with Crippen molar-refractivity contribution in [2.24, 2.45) is 0 Å². The average Bonchev–Trinajstić information content (AvgIpc) is 2.50. The third-order valence-electron chi connectivity index (χ3n) is 3.31. The van der Waals surface area contributed by atoms with Gasteiger partial charge in [-0.1, -0.05) is 38.6 Å². The summed E-state index contributed by atoms with van der Waals surface area (Å²) in [6, 6.07) is 5.47. The number of carbonyl (C=O) groups is 1. The number of hydrogen-bond donors (Lipinski definition) is 0. The first kappa shape index (κ1) is 17.2. The van der Waals surface area contributed by atoms with Crippen molar-refractivity contribution in [1.29, 1.82) is 0 Å². The number of likely N-dealkylation sites (N-methyl/N-ethyl adjacent to an activating group) is 1. The van der Waals surface area contributed by atoms with Gasteiger partial charge in [0.1, 0.15) is 24.5 Å². The molecule has 0 N–H and O–H groups in total. The van der Waals surface area contributed by atoms with Gasteiger partial charge in [-0.15, -0.1) is 0 Å². The molecule has 1 aromatic rings. The number of ether oxygens (including phenoxy) is 2. The summed E-state index contributed by atoms with van der Waals surface area (Å²) in [5.41, 5.74) is 1.38. The van der Waals surface area contributed by atoms with Crippen LogP contribution in [0.5, 0.6) is 5.75 Å². The van der Waals surface area contributed by atoms with Crippen LogP contribution in [0.25, 0.3) is 0 Å². The molecule has 0 aliphatic carbocycles. The zero-order chi connectivity index (χ0) is 15.7. The lowest BCUT2D eigenvalue weighted by molar-refractivity contribution is 0.0462. The van der Waals surface area contributed by atoms with Crippen LogP contribution in [-0.2, 0) is 4.74 Å². The molecule has 0 atom stereocenters. The van der Waals surface area contributed by atoms with Crippen LogP contribution < -0.4 is 4.74 Å². The highest BCUT2D eigenvalue weighted by Gasteiger charge is 2.16. The summed E-state index contributed by atoms with van der Waals surface area (Å²) in [6.07, 6.45) is 1.65. The summed E-state index contributed by atoms with van der Waals surface area (Å²) in [6.45, 7) is 13.1. The quantitative estimate of drug-likeness (QED) is 0.518. The SMILES string of the molecule is C=CCOc1c(C)cccc1C(=O)OCCN(CC)CC. The van der Waals surface area contributed by atoms with Crippen LogP contribution in [0.3, 0.4) is 0 Å². The minimum absolute atomic E-state index is 0.343. The molecule has 0 heterocycles. The predicted octanol–water partition coefficient (Wildman–Crippen LogP) is 3.06. The molecule has 0 saturated carbocycles. The van der Waals surface area contributed by atoms with Gasteiger partial charge in [0.2, 0.25) is 0 Å². The van der Waals surface area contributed by atoms with E-state index in [2.05, 4.69) is 25.3 Å². The number of benzene rings is 1. The Kier molecular flexibility index (Phi) is 7.54. The van der Waals surface area contributed by atoms with Crippen molar-refractivity contribution in [3.05, 3.63) is 42.0 Å². The normalized spacial score (nSPS) is 10.5. The second-order valence-corrected chi connectivity index (χ2v) is 4.71. The molecule has 21 heavy (non-hydrogen) atoms. The van der Waals surface area contributed by atoms with E-state index in [0.717, 1.165) is 25.2 Å². The first-order valence-corrected chi connectivity index (χ1v) is 7.36.